The zero-order valence-corrected chi connectivity index (χ0v) is 25.4. The molecule has 7 nitrogen and oxygen atoms in total. The molecule has 40 heavy (non-hydrogen) atoms. The van der Waals surface area contributed by atoms with Gasteiger partial charge >= 0.3 is 0 Å². The van der Waals surface area contributed by atoms with Gasteiger partial charge in [-0.2, -0.15) is 4.31 Å². The molecular weight excluding hydrogens is 593 g/mol. The molecule has 0 aliphatic carbocycles. The van der Waals surface area contributed by atoms with E-state index in [-0.39, 0.29) is 23.8 Å². The first-order chi connectivity index (χ1) is 19.0. The van der Waals surface area contributed by atoms with Gasteiger partial charge < -0.3 is 10.2 Å². The van der Waals surface area contributed by atoms with Gasteiger partial charge in [0.05, 0.1) is 21.5 Å². The largest absolute Gasteiger partial charge is 0.354 e. The van der Waals surface area contributed by atoms with E-state index in [2.05, 4.69) is 5.32 Å². The van der Waals surface area contributed by atoms with Crippen molar-refractivity contribution in [3.63, 3.8) is 0 Å². The van der Waals surface area contributed by atoms with Crippen LogP contribution in [-0.4, -0.2) is 55.6 Å². The highest BCUT2D eigenvalue weighted by molar-refractivity contribution is 7.89. The van der Waals surface area contributed by atoms with E-state index in [4.69, 9.17) is 34.8 Å². The lowest BCUT2D eigenvalue weighted by molar-refractivity contribution is -0.141. The van der Waals surface area contributed by atoms with Crippen LogP contribution in [-0.2, 0) is 32.6 Å². The summed E-state index contributed by atoms with van der Waals surface area (Å²) < 4.78 is 27.4. The van der Waals surface area contributed by atoms with Gasteiger partial charge in [-0.25, -0.2) is 8.42 Å². The van der Waals surface area contributed by atoms with Crippen molar-refractivity contribution < 1.29 is 18.0 Å². The van der Waals surface area contributed by atoms with E-state index in [1.165, 1.54) is 36.2 Å². The Bertz CT molecular complexity index is 1400. The van der Waals surface area contributed by atoms with Gasteiger partial charge in [-0.15, -0.1) is 0 Å². The molecule has 214 valence electrons. The maximum atomic E-state index is 13.9. The number of benzene rings is 3. The number of unbranched alkanes of at least 4 members (excludes halogenated alkanes) is 1. The summed E-state index contributed by atoms with van der Waals surface area (Å²) >= 11 is 18.3. The van der Waals surface area contributed by atoms with Crippen molar-refractivity contribution in [2.24, 2.45) is 0 Å². The van der Waals surface area contributed by atoms with Crippen molar-refractivity contribution in [2.45, 2.75) is 43.7 Å². The van der Waals surface area contributed by atoms with Crippen LogP contribution in [0.2, 0.25) is 15.1 Å². The van der Waals surface area contributed by atoms with Gasteiger partial charge in [0, 0.05) is 31.6 Å². The van der Waals surface area contributed by atoms with Gasteiger partial charge in [0.15, 0.2) is 0 Å². The topological polar surface area (TPSA) is 86.8 Å². The molecule has 3 rings (SSSR count). The van der Waals surface area contributed by atoms with Crippen molar-refractivity contribution in [3.8, 4) is 0 Å². The lowest BCUT2D eigenvalue weighted by atomic mass is 10.0. The monoisotopic (exact) mass is 623 g/mol. The van der Waals surface area contributed by atoms with Crippen LogP contribution in [0.5, 0.6) is 0 Å². The molecule has 0 spiro atoms. The second kappa shape index (κ2) is 14.8. The molecule has 0 aliphatic rings. The van der Waals surface area contributed by atoms with Crippen molar-refractivity contribution in [1.82, 2.24) is 14.5 Å². The van der Waals surface area contributed by atoms with Gasteiger partial charge in [0.25, 0.3) is 0 Å². The normalized spacial score (nSPS) is 12.2. The molecule has 11 heteroatoms. The number of hydrogen-bond acceptors (Lipinski definition) is 4. The Labute approximate surface area is 251 Å². The molecule has 1 atom stereocenters. The summed E-state index contributed by atoms with van der Waals surface area (Å²) in [5.74, 6) is -0.869. The quantitative estimate of drug-likeness (QED) is 0.243. The second-order valence-electron chi connectivity index (χ2n) is 9.34. The average Bonchev–Trinajstić information content (AvgIpc) is 2.93. The standard InChI is InChI=1S/C29H32Cl3N3O4S/c1-3-4-16-33-29(37)27(18-21-8-6-5-7-9-21)35(19-22-10-15-25(31)26(32)17-22)28(36)20-34(2)40(38,39)24-13-11-23(30)12-14-24/h5-15,17,27H,3-4,16,18-20H2,1-2H3,(H,33,37)/t27-/m0/s1. The minimum absolute atomic E-state index is 0.00128. The van der Waals surface area contributed by atoms with Gasteiger partial charge in [0.2, 0.25) is 21.8 Å². The van der Waals surface area contributed by atoms with Crippen molar-refractivity contribution in [3.05, 3.63) is 99.0 Å². The summed E-state index contributed by atoms with van der Waals surface area (Å²) in [7, 11) is -2.68. The third kappa shape index (κ3) is 8.69. The Hall–Kier alpha value is -2.62. The molecule has 0 bridgehead atoms. The molecule has 0 heterocycles. The lowest BCUT2D eigenvalue weighted by Gasteiger charge is -2.32. The predicted molar refractivity (Wildman–Crippen MR) is 160 cm³/mol. The van der Waals surface area contributed by atoms with Crippen LogP contribution >= 0.6 is 34.8 Å². The van der Waals surface area contributed by atoms with Crippen LogP contribution in [0, 0.1) is 0 Å². The van der Waals surface area contributed by atoms with Crippen LogP contribution in [0.3, 0.4) is 0 Å². The first-order valence-electron chi connectivity index (χ1n) is 12.8. The number of likely N-dealkylation sites (N-methyl/N-ethyl adjacent to an activating group) is 1. The summed E-state index contributed by atoms with van der Waals surface area (Å²) in [4.78, 5) is 28.8. The van der Waals surface area contributed by atoms with Gasteiger partial charge in [-0.1, -0.05) is 84.5 Å². The Morgan fingerprint density at radius 1 is 0.900 bits per heavy atom. The summed E-state index contributed by atoms with van der Waals surface area (Å²) in [6.07, 6.45) is 1.91. The van der Waals surface area contributed by atoms with Crippen molar-refractivity contribution >= 4 is 56.6 Å². The molecule has 1 N–H and O–H groups in total. The molecule has 0 saturated heterocycles. The first-order valence-corrected chi connectivity index (χ1v) is 15.4. The fraction of sp³-hybridized carbons (Fsp3) is 0.310. The van der Waals surface area contributed by atoms with E-state index >= 15 is 0 Å². The van der Waals surface area contributed by atoms with Crippen LogP contribution in [0.1, 0.15) is 30.9 Å². The molecule has 0 unspecified atom stereocenters. The Morgan fingerprint density at radius 2 is 1.57 bits per heavy atom. The van der Waals surface area contributed by atoms with Crippen LogP contribution in [0.15, 0.2) is 77.7 Å². The smallest absolute Gasteiger partial charge is 0.243 e. The third-order valence-electron chi connectivity index (χ3n) is 6.32. The summed E-state index contributed by atoms with van der Waals surface area (Å²) in [6, 6.07) is 19.1. The lowest BCUT2D eigenvalue weighted by Crippen LogP contribution is -2.53. The first kappa shape index (κ1) is 31.9. The highest BCUT2D eigenvalue weighted by Gasteiger charge is 2.33. The highest BCUT2D eigenvalue weighted by Crippen LogP contribution is 2.25. The molecular formula is C29H32Cl3N3O4S. The van der Waals surface area contributed by atoms with E-state index < -0.39 is 28.5 Å². The number of sulfonamides is 1. The van der Waals surface area contributed by atoms with Crippen molar-refractivity contribution in [2.75, 3.05) is 20.1 Å². The third-order valence-corrected chi connectivity index (χ3v) is 9.13. The van der Waals surface area contributed by atoms with Crippen LogP contribution < -0.4 is 5.32 Å². The number of nitrogens with one attached hydrogen (secondary N) is 1. The fourth-order valence-electron chi connectivity index (χ4n) is 4.05. The SMILES string of the molecule is CCCCNC(=O)[C@H](Cc1ccccc1)N(Cc1ccc(Cl)c(Cl)c1)C(=O)CN(C)S(=O)(=O)c1ccc(Cl)cc1. The van der Waals surface area contributed by atoms with E-state index in [9.17, 15) is 18.0 Å². The number of hydrogen-bond donors (Lipinski definition) is 1. The highest BCUT2D eigenvalue weighted by atomic mass is 35.5. The summed E-state index contributed by atoms with van der Waals surface area (Å²) in [6.45, 7) is 2.01. The minimum atomic E-state index is -4.00. The number of carbonyl (C=O) groups excluding carboxylic acids is 2. The van der Waals surface area contributed by atoms with Crippen LogP contribution in [0.25, 0.3) is 0 Å². The second-order valence-corrected chi connectivity index (χ2v) is 12.6. The number of rotatable bonds is 13. The van der Waals surface area contributed by atoms with E-state index in [0.29, 0.717) is 27.2 Å². The maximum Gasteiger partial charge on any atom is 0.243 e. The molecule has 3 aromatic carbocycles. The maximum absolute atomic E-state index is 13.9. The number of carbonyl (C=O) groups is 2. The Balaban J connectivity index is 1.97. The van der Waals surface area contributed by atoms with Gasteiger partial charge in [-0.3, -0.25) is 9.59 Å². The average molecular weight is 625 g/mol. The molecule has 0 fully saturated rings. The van der Waals surface area contributed by atoms with E-state index in [1.54, 1.807) is 18.2 Å². The number of nitrogens with zero attached hydrogens (tertiary/aromatic N) is 2. The molecule has 2 amide bonds. The minimum Gasteiger partial charge on any atom is -0.354 e. The predicted octanol–water partition coefficient (Wildman–Crippen LogP) is 5.82. The molecule has 0 aliphatic heterocycles. The molecule has 0 aromatic heterocycles. The van der Waals surface area contributed by atoms with Crippen molar-refractivity contribution in [1.29, 1.82) is 0 Å². The zero-order valence-electron chi connectivity index (χ0n) is 22.3. The number of amides is 2. The molecule has 0 saturated carbocycles. The van der Waals surface area contributed by atoms with Crippen LogP contribution in [0.4, 0.5) is 0 Å². The van der Waals surface area contributed by atoms with Gasteiger partial charge in [-0.05, 0) is 53.9 Å². The zero-order chi connectivity index (χ0) is 29.3. The molecule has 3 aromatic rings. The Kier molecular flexibility index (Phi) is 11.8. The Morgan fingerprint density at radius 3 is 2.20 bits per heavy atom. The summed E-state index contributed by atoms with van der Waals surface area (Å²) in [5.41, 5.74) is 1.50. The summed E-state index contributed by atoms with van der Waals surface area (Å²) in [5, 5.41) is 3.99. The van der Waals surface area contributed by atoms with E-state index in [1.807, 2.05) is 37.3 Å². The van der Waals surface area contributed by atoms with E-state index in [0.717, 1.165) is 22.7 Å². The van der Waals surface area contributed by atoms with Gasteiger partial charge in [0.1, 0.15) is 6.04 Å². The molecule has 0 radical (unpaired) electrons. The fourth-order valence-corrected chi connectivity index (χ4v) is 5.61. The number of halogens is 3.